The Morgan fingerprint density at radius 2 is 2.53 bits per heavy atom. The minimum atomic E-state index is -0.104. The fourth-order valence-electron chi connectivity index (χ4n) is 1.27. The SMILES string of the molecule is Cc1nsc(NC(=O)C2CSCCN2)n1. The van der Waals surface area contributed by atoms with E-state index in [1.54, 1.807) is 18.7 Å². The van der Waals surface area contributed by atoms with Gasteiger partial charge in [-0.15, -0.1) is 0 Å². The molecule has 0 saturated carbocycles. The second-order valence-corrected chi connectivity index (χ2v) is 5.12. The number of hydrogen-bond donors (Lipinski definition) is 2. The zero-order valence-corrected chi connectivity index (χ0v) is 9.95. The summed E-state index contributed by atoms with van der Waals surface area (Å²) in [5, 5.41) is 6.51. The molecule has 1 amide bonds. The van der Waals surface area contributed by atoms with Crippen molar-refractivity contribution in [1.82, 2.24) is 14.7 Å². The van der Waals surface area contributed by atoms with Gasteiger partial charge < -0.3 is 5.32 Å². The van der Waals surface area contributed by atoms with E-state index in [-0.39, 0.29) is 11.9 Å². The molecule has 2 N–H and O–H groups in total. The minimum absolute atomic E-state index is 0.0154. The summed E-state index contributed by atoms with van der Waals surface area (Å²) in [6, 6.07) is -0.104. The molecule has 1 unspecified atom stereocenters. The van der Waals surface area contributed by atoms with Crippen LogP contribution in [0.5, 0.6) is 0 Å². The number of aryl methyl sites for hydroxylation is 1. The van der Waals surface area contributed by atoms with Crippen LogP contribution >= 0.6 is 23.3 Å². The summed E-state index contributed by atoms with van der Waals surface area (Å²) >= 11 is 3.01. The molecular formula is C8H12N4OS2. The maximum absolute atomic E-state index is 11.7. The van der Waals surface area contributed by atoms with Crippen molar-refractivity contribution in [3.8, 4) is 0 Å². The van der Waals surface area contributed by atoms with Gasteiger partial charge in [0.2, 0.25) is 11.0 Å². The molecule has 1 fully saturated rings. The first-order valence-corrected chi connectivity index (χ1v) is 6.61. The first-order chi connectivity index (χ1) is 7.25. The number of carbonyl (C=O) groups is 1. The van der Waals surface area contributed by atoms with Gasteiger partial charge in [0.1, 0.15) is 5.82 Å². The molecule has 1 aliphatic heterocycles. The van der Waals surface area contributed by atoms with Crippen LogP contribution in [-0.4, -0.2) is 39.4 Å². The third-order valence-corrected chi connectivity index (χ3v) is 3.78. The second kappa shape index (κ2) is 4.91. The van der Waals surface area contributed by atoms with Crippen molar-refractivity contribution < 1.29 is 4.79 Å². The summed E-state index contributed by atoms with van der Waals surface area (Å²) in [4.78, 5) is 15.8. The van der Waals surface area contributed by atoms with Crippen molar-refractivity contribution >= 4 is 34.3 Å². The molecule has 0 aliphatic carbocycles. The molecule has 0 aromatic carbocycles. The number of carbonyl (C=O) groups excluding carboxylic acids is 1. The molecule has 7 heteroatoms. The van der Waals surface area contributed by atoms with Gasteiger partial charge in [0.05, 0.1) is 6.04 Å². The van der Waals surface area contributed by atoms with Crippen LogP contribution in [0.2, 0.25) is 0 Å². The van der Waals surface area contributed by atoms with Gasteiger partial charge in [-0.3, -0.25) is 10.1 Å². The van der Waals surface area contributed by atoms with Crippen molar-refractivity contribution in [2.45, 2.75) is 13.0 Å². The van der Waals surface area contributed by atoms with E-state index in [0.29, 0.717) is 11.0 Å². The lowest BCUT2D eigenvalue weighted by molar-refractivity contribution is -0.117. The largest absolute Gasteiger partial charge is 0.304 e. The number of nitrogens with one attached hydrogen (secondary N) is 2. The molecule has 15 heavy (non-hydrogen) atoms. The lowest BCUT2D eigenvalue weighted by Crippen LogP contribution is -2.46. The summed E-state index contributed by atoms with van der Waals surface area (Å²) in [5.41, 5.74) is 0. The Morgan fingerprint density at radius 3 is 3.13 bits per heavy atom. The second-order valence-electron chi connectivity index (χ2n) is 3.22. The first-order valence-electron chi connectivity index (χ1n) is 4.68. The van der Waals surface area contributed by atoms with Crippen molar-refractivity contribution in [3.63, 3.8) is 0 Å². The van der Waals surface area contributed by atoms with E-state index in [1.165, 1.54) is 11.5 Å². The smallest absolute Gasteiger partial charge is 0.244 e. The van der Waals surface area contributed by atoms with Crippen LogP contribution in [0, 0.1) is 6.92 Å². The number of nitrogens with zero attached hydrogens (tertiary/aromatic N) is 2. The van der Waals surface area contributed by atoms with E-state index in [9.17, 15) is 4.79 Å². The Bertz CT molecular complexity index is 348. The highest BCUT2D eigenvalue weighted by Crippen LogP contribution is 2.13. The highest BCUT2D eigenvalue weighted by molar-refractivity contribution is 7.99. The van der Waals surface area contributed by atoms with Gasteiger partial charge in [-0.25, -0.2) is 4.98 Å². The van der Waals surface area contributed by atoms with Crippen LogP contribution in [0.25, 0.3) is 0 Å². The maximum atomic E-state index is 11.7. The van der Waals surface area contributed by atoms with Crippen molar-refractivity contribution in [1.29, 1.82) is 0 Å². The van der Waals surface area contributed by atoms with Gasteiger partial charge in [-0.2, -0.15) is 16.1 Å². The monoisotopic (exact) mass is 244 g/mol. The van der Waals surface area contributed by atoms with Crippen LogP contribution in [-0.2, 0) is 4.79 Å². The summed E-state index contributed by atoms with van der Waals surface area (Å²) in [6.07, 6.45) is 0. The fraction of sp³-hybridized carbons (Fsp3) is 0.625. The fourth-order valence-corrected chi connectivity index (χ4v) is 2.79. The quantitative estimate of drug-likeness (QED) is 0.792. The van der Waals surface area contributed by atoms with E-state index in [2.05, 4.69) is 20.0 Å². The molecule has 0 bridgehead atoms. The van der Waals surface area contributed by atoms with Gasteiger partial charge in [-0.1, -0.05) is 0 Å². The number of aromatic nitrogens is 2. The number of amides is 1. The number of thioether (sulfide) groups is 1. The molecule has 5 nitrogen and oxygen atoms in total. The van der Waals surface area contributed by atoms with Gasteiger partial charge in [0.25, 0.3) is 0 Å². The molecule has 0 radical (unpaired) electrons. The van der Waals surface area contributed by atoms with Crippen LogP contribution < -0.4 is 10.6 Å². The van der Waals surface area contributed by atoms with Crippen molar-refractivity contribution in [2.75, 3.05) is 23.4 Å². The van der Waals surface area contributed by atoms with Crippen LogP contribution in [0.3, 0.4) is 0 Å². The van der Waals surface area contributed by atoms with Crippen LogP contribution in [0.1, 0.15) is 5.82 Å². The zero-order valence-electron chi connectivity index (χ0n) is 8.32. The Hall–Kier alpha value is -0.660. The third-order valence-electron chi connectivity index (χ3n) is 2.00. The number of hydrogen-bond acceptors (Lipinski definition) is 6. The lowest BCUT2D eigenvalue weighted by atomic mass is 10.3. The Labute approximate surface area is 96.2 Å². The van der Waals surface area contributed by atoms with Gasteiger partial charge in [0.15, 0.2) is 0 Å². The Kier molecular flexibility index (Phi) is 3.55. The lowest BCUT2D eigenvalue weighted by Gasteiger charge is -2.21. The zero-order chi connectivity index (χ0) is 10.7. The normalized spacial score (nSPS) is 21.3. The summed E-state index contributed by atoms with van der Waals surface area (Å²) < 4.78 is 4.01. The Morgan fingerprint density at radius 1 is 1.67 bits per heavy atom. The standard InChI is InChI=1S/C8H12N4OS2/c1-5-10-8(15-12-5)11-7(13)6-4-14-3-2-9-6/h6,9H,2-4H2,1H3,(H,10,11,12,13). The molecule has 2 heterocycles. The Balaban J connectivity index is 1.91. The van der Waals surface area contributed by atoms with Gasteiger partial charge in [0, 0.05) is 29.6 Å². The predicted molar refractivity (Wildman–Crippen MR) is 62.4 cm³/mol. The molecule has 82 valence electrons. The molecule has 2 rings (SSSR count). The highest BCUT2D eigenvalue weighted by atomic mass is 32.2. The predicted octanol–water partition coefficient (Wildman–Crippen LogP) is 0.490. The van der Waals surface area contributed by atoms with E-state index in [1.807, 2.05) is 0 Å². The number of anilines is 1. The molecule has 1 saturated heterocycles. The summed E-state index contributed by atoms with van der Waals surface area (Å²) in [6.45, 7) is 2.69. The van der Waals surface area contributed by atoms with E-state index >= 15 is 0 Å². The molecule has 1 aromatic heterocycles. The van der Waals surface area contributed by atoms with Crippen LogP contribution in [0.15, 0.2) is 0 Å². The topological polar surface area (TPSA) is 66.9 Å². The average molecular weight is 244 g/mol. The maximum Gasteiger partial charge on any atom is 0.244 e. The van der Waals surface area contributed by atoms with E-state index in [0.717, 1.165) is 18.1 Å². The molecule has 0 spiro atoms. The third kappa shape index (κ3) is 2.90. The summed E-state index contributed by atoms with van der Waals surface area (Å²) in [5.74, 6) is 2.57. The van der Waals surface area contributed by atoms with E-state index < -0.39 is 0 Å². The van der Waals surface area contributed by atoms with Crippen molar-refractivity contribution in [2.24, 2.45) is 0 Å². The van der Waals surface area contributed by atoms with Crippen molar-refractivity contribution in [3.05, 3.63) is 5.82 Å². The van der Waals surface area contributed by atoms with E-state index in [4.69, 9.17) is 0 Å². The van der Waals surface area contributed by atoms with Gasteiger partial charge >= 0.3 is 0 Å². The minimum Gasteiger partial charge on any atom is -0.304 e. The molecule has 1 aromatic rings. The summed E-state index contributed by atoms with van der Waals surface area (Å²) in [7, 11) is 0. The van der Waals surface area contributed by atoms with Gasteiger partial charge in [-0.05, 0) is 6.92 Å². The first kappa shape index (κ1) is 10.8. The average Bonchev–Trinajstić information content (AvgIpc) is 2.65. The highest BCUT2D eigenvalue weighted by Gasteiger charge is 2.21. The van der Waals surface area contributed by atoms with Crippen LogP contribution in [0.4, 0.5) is 5.13 Å². The molecule has 1 atom stereocenters. The molecular weight excluding hydrogens is 232 g/mol. The number of rotatable bonds is 2. The molecule has 1 aliphatic rings.